The van der Waals surface area contributed by atoms with Crippen LogP contribution in [0.2, 0.25) is 0 Å². The van der Waals surface area contributed by atoms with Crippen LogP contribution in [0.5, 0.6) is 0 Å². The Labute approximate surface area is 111 Å². The summed E-state index contributed by atoms with van der Waals surface area (Å²) in [5.74, 6) is 2.07. The monoisotopic (exact) mass is 256 g/mol. The summed E-state index contributed by atoms with van der Waals surface area (Å²) in [6.45, 7) is 5.60. The normalized spacial score (nSPS) is 43.2. The standard InChI is InChI=1S/C14H28N2S/c1-11-6-4-5-7-13(11)16(3)14(9-15)8-12(2)17-10-14/h11-13H,4-10,15H2,1-3H3. The van der Waals surface area contributed by atoms with Gasteiger partial charge in [0.05, 0.1) is 0 Å². The molecule has 2 rings (SSSR count). The fraction of sp³-hybridized carbons (Fsp3) is 1.00. The van der Waals surface area contributed by atoms with Crippen molar-refractivity contribution in [2.24, 2.45) is 11.7 Å². The molecule has 0 radical (unpaired) electrons. The molecule has 4 unspecified atom stereocenters. The molecule has 2 aliphatic rings. The van der Waals surface area contributed by atoms with Crippen LogP contribution in [0.15, 0.2) is 0 Å². The molecule has 4 atom stereocenters. The van der Waals surface area contributed by atoms with Crippen molar-refractivity contribution in [3.8, 4) is 0 Å². The van der Waals surface area contributed by atoms with Gasteiger partial charge in [-0.1, -0.05) is 26.7 Å². The van der Waals surface area contributed by atoms with Crippen LogP contribution in [-0.2, 0) is 0 Å². The average Bonchev–Trinajstić information content (AvgIpc) is 2.72. The fourth-order valence-corrected chi connectivity index (χ4v) is 5.17. The summed E-state index contributed by atoms with van der Waals surface area (Å²) in [5.41, 5.74) is 6.41. The lowest BCUT2D eigenvalue weighted by molar-refractivity contribution is 0.0442. The molecule has 2 nitrogen and oxygen atoms in total. The Morgan fingerprint density at radius 1 is 1.29 bits per heavy atom. The molecule has 17 heavy (non-hydrogen) atoms. The first kappa shape index (κ1) is 13.7. The molecule has 3 heteroatoms. The average molecular weight is 256 g/mol. The van der Waals surface area contributed by atoms with Crippen LogP contribution in [0.4, 0.5) is 0 Å². The zero-order valence-electron chi connectivity index (χ0n) is 11.6. The van der Waals surface area contributed by atoms with Crippen LogP contribution in [0.25, 0.3) is 0 Å². The molecule has 2 fully saturated rings. The minimum absolute atomic E-state index is 0.278. The second kappa shape index (κ2) is 5.50. The fourth-order valence-electron chi connectivity index (χ4n) is 3.71. The topological polar surface area (TPSA) is 29.3 Å². The predicted molar refractivity (Wildman–Crippen MR) is 77.5 cm³/mol. The highest BCUT2D eigenvalue weighted by atomic mass is 32.2. The number of hydrogen-bond donors (Lipinski definition) is 1. The van der Waals surface area contributed by atoms with E-state index in [1.54, 1.807) is 0 Å². The molecule has 1 saturated carbocycles. The van der Waals surface area contributed by atoms with Gasteiger partial charge in [0.25, 0.3) is 0 Å². The van der Waals surface area contributed by atoms with E-state index in [0.717, 1.165) is 23.8 Å². The first-order valence-electron chi connectivity index (χ1n) is 7.14. The van der Waals surface area contributed by atoms with Crippen LogP contribution in [0.1, 0.15) is 46.0 Å². The lowest BCUT2D eigenvalue weighted by Gasteiger charge is -2.46. The summed E-state index contributed by atoms with van der Waals surface area (Å²) < 4.78 is 0. The number of likely N-dealkylation sites (N-methyl/N-ethyl adjacent to an activating group) is 1. The van der Waals surface area contributed by atoms with E-state index in [1.807, 2.05) is 0 Å². The van der Waals surface area contributed by atoms with E-state index < -0.39 is 0 Å². The number of hydrogen-bond acceptors (Lipinski definition) is 3. The van der Waals surface area contributed by atoms with E-state index in [1.165, 1.54) is 37.9 Å². The van der Waals surface area contributed by atoms with Gasteiger partial charge in [0.1, 0.15) is 0 Å². The zero-order valence-corrected chi connectivity index (χ0v) is 12.4. The third kappa shape index (κ3) is 2.66. The molecule has 1 aliphatic heterocycles. The van der Waals surface area contributed by atoms with Crippen LogP contribution >= 0.6 is 11.8 Å². The van der Waals surface area contributed by atoms with Crippen LogP contribution < -0.4 is 5.73 Å². The summed E-state index contributed by atoms with van der Waals surface area (Å²) in [7, 11) is 2.33. The van der Waals surface area contributed by atoms with E-state index in [0.29, 0.717) is 0 Å². The van der Waals surface area contributed by atoms with Gasteiger partial charge in [-0.25, -0.2) is 0 Å². The highest BCUT2D eigenvalue weighted by Gasteiger charge is 2.44. The maximum absolute atomic E-state index is 6.13. The number of nitrogens with two attached hydrogens (primary N) is 1. The van der Waals surface area contributed by atoms with Crippen molar-refractivity contribution in [2.45, 2.75) is 62.8 Å². The maximum Gasteiger partial charge on any atom is 0.0432 e. The van der Waals surface area contributed by atoms with Gasteiger partial charge in [-0.05, 0) is 32.2 Å². The Hall–Kier alpha value is 0.270. The Kier molecular flexibility index (Phi) is 4.43. The lowest BCUT2D eigenvalue weighted by atomic mass is 9.81. The van der Waals surface area contributed by atoms with E-state index in [-0.39, 0.29) is 5.54 Å². The van der Waals surface area contributed by atoms with Crippen molar-refractivity contribution < 1.29 is 0 Å². The minimum Gasteiger partial charge on any atom is -0.329 e. The third-order valence-electron chi connectivity index (χ3n) is 5.00. The summed E-state index contributed by atoms with van der Waals surface area (Å²) in [6.07, 6.45) is 6.87. The highest BCUT2D eigenvalue weighted by Crippen LogP contribution is 2.41. The van der Waals surface area contributed by atoms with Gasteiger partial charge in [-0.15, -0.1) is 0 Å². The van der Waals surface area contributed by atoms with Crippen LogP contribution in [0.3, 0.4) is 0 Å². The van der Waals surface area contributed by atoms with Crippen molar-refractivity contribution >= 4 is 11.8 Å². The molecule has 1 heterocycles. The van der Waals surface area contributed by atoms with Crippen molar-refractivity contribution in [1.29, 1.82) is 0 Å². The summed E-state index contributed by atoms with van der Waals surface area (Å²) in [4.78, 5) is 2.66. The molecule has 1 aliphatic carbocycles. The summed E-state index contributed by atoms with van der Waals surface area (Å²) in [5, 5.41) is 0.778. The van der Waals surface area contributed by atoms with Crippen LogP contribution in [0, 0.1) is 5.92 Å². The minimum atomic E-state index is 0.278. The predicted octanol–water partition coefficient (Wildman–Crippen LogP) is 2.72. The van der Waals surface area contributed by atoms with Crippen molar-refractivity contribution in [3.05, 3.63) is 0 Å². The summed E-state index contributed by atoms with van der Waals surface area (Å²) >= 11 is 2.10. The molecule has 0 aromatic rings. The van der Waals surface area contributed by atoms with Gasteiger partial charge in [0.15, 0.2) is 0 Å². The van der Waals surface area contributed by atoms with Gasteiger partial charge >= 0.3 is 0 Å². The van der Waals surface area contributed by atoms with E-state index in [9.17, 15) is 0 Å². The Bertz CT molecular complexity index is 259. The molecule has 0 spiro atoms. The van der Waals surface area contributed by atoms with Gasteiger partial charge in [0.2, 0.25) is 0 Å². The molecular weight excluding hydrogens is 228 g/mol. The van der Waals surface area contributed by atoms with Gasteiger partial charge < -0.3 is 5.73 Å². The first-order valence-corrected chi connectivity index (χ1v) is 8.18. The molecule has 0 aromatic carbocycles. The highest BCUT2D eigenvalue weighted by molar-refractivity contribution is 8.00. The van der Waals surface area contributed by atoms with Crippen molar-refractivity contribution in [1.82, 2.24) is 4.90 Å². The smallest absolute Gasteiger partial charge is 0.0432 e. The second-order valence-electron chi connectivity index (χ2n) is 6.19. The van der Waals surface area contributed by atoms with E-state index in [4.69, 9.17) is 5.73 Å². The Balaban J connectivity index is 2.08. The largest absolute Gasteiger partial charge is 0.329 e. The maximum atomic E-state index is 6.13. The van der Waals surface area contributed by atoms with Gasteiger partial charge in [-0.2, -0.15) is 11.8 Å². The Morgan fingerprint density at radius 2 is 2.00 bits per heavy atom. The van der Waals surface area contributed by atoms with Crippen molar-refractivity contribution in [3.63, 3.8) is 0 Å². The third-order valence-corrected chi connectivity index (χ3v) is 6.44. The first-order chi connectivity index (χ1) is 8.09. The number of nitrogens with zero attached hydrogens (tertiary/aromatic N) is 1. The number of rotatable bonds is 3. The number of thioether (sulfide) groups is 1. The SMILES string of the molecule is CC1CC(CN)(N(C)C2CCCCC2C)CS1. The molecule has 0 amide bonds. The van der Waals surface area contributed by atoms with Gasteiger partial charge in [-0.3, -0.25) is 4.90 Å². The summed E-state index contributed by atoms with van der Waals surface area (Å²) in [6, 6.07) is 0.762. The molecule has 100 valence electrons. The van der Waals surface area contributed by atoms with Crippen molar-refractivity contribution in [2.75, 3.05) is 19.3 Å². The Morgan fingerprint density at radius 3 is 2.53 bits per heavy atom. The van der Waals surface area contributed by atoms with E-state index >= 15 is 0 Å². The van der Waals surface area contributed by atoms with Crippen LogP contribution in [-0.4, -0.2) is 41.1 Å². The van der Waals surface area contributed by atoms with Gasteiger partial charge in [0, 0.05) is 29.1 Å². The quantitative estimate of drug-likeness (QED) is 0.842. The molecule has 2 N–H and O–H groups in total. The lowest BCUT2D eigenvalue weighted by Crippen LogP contribution is -2.58. The van der Waals surface area contributed by atoms with E-state index in [2.05, 4.69) is 37.6 Å². The molecule has 0 bridgehead atoms. The zero-order chi connectivity index (χ0) is 12.5. The molecule has 1 saturated heterocycles. The molecule has 0 aromatic heterocycles. The molecular formula is C14H28N2S. The second-order valence-corrected chi connectivity index (χ2v) is 7.62.